The summed E-state index contributed by atoms with van der Waals surface area (Å²) in [4.78, 5) is 26.0. The van der Waals surface area contributed by atoms with E-state index in [0.29, 0.717) is 18.5 Å². The number of aromatic nitrogens is 3. The number of H-pyrrole nitrogens is 1. The Morgan fingerprint density at radius 1 is 1.15 bits per heavy atom. The van der Waals surface area contributed by atoms with Gasteiger partial charge < -0.3 is 14.8 Å². The molecule has 12 heteroatoms. The monoisotopic (exact) mass is 509 g/mol. The van der Waals surface area contributed by atoms with Gasteiger partial charge in [-0.05, 0) is 48.1 Å². The lowest BCUT2D eigenvalue weighted by Gasteiger charge is -2.35. The van der Waals surface area contributed by atoms with Crippen molar-refractivity contribution in [3.63, 3.8) is 0 Å². The van der Waals surface area contributed by atoms with Crippen LogP contribution in [0.25, 0.3) is 21.8 Å². The van der Waals surface area contributed by atoms with Crippen LogP contribution in [0.4, 0.5) is 8.78 Å². The van der Waals surface area contributed by atoms with E-state index in [1.807, 2.05) is 4.57 Å². The first-order valence-electron chi connectivity index (χ1n) is 10.4. The van der Waals surface area contributed by atoms with Crippen LogP contribution in [-0.2, 0) is 16.4 Å². The number of fused-ring (bicyclic) bond motifs is 2. The predicted octanol–water partition coefficient (Wildman–Crippen LogP) is 3.80. The van der Waals surface area contributed by atoms with Crippen molar-refractivity contribution < 1.29 is 22.4 Å². The van der Waals surface area contributed by atoms with E-state index < -0.39 is 27.0 Å². The molecular formula is C22H18ClF2N3O5S. The molecule has 2 aromatic heterocycles. The minimum atomic E-state index is -4.23. The Labute approximate surface area is 195 Å². The van der Waals surface area contributed by atoms with Crippen LogP contribution in [0.1, 0.15) is 19.3 Å². The van der Waals surface area contributed by atoms with E-state index in [-0.39, 0.29) is 49.2 Å². The summed E-state index contributed by atoms with van der Waals surface area (Å²) >= 11 is 6.04. The molecule has 0 atom stereocenters. The number of rotatable bonds is 5. The van der Waals surface area contributed by atoms with Crippen LogP contribution < -0.4 is 11.2 Å². The van der Waals surface area contributed by atoms with Crippen LogP contribution in [0.5, 0.6) is 0 Å². The molecule has 1 aliphatic carbocycles. The molecule has 0 unspecified atom stereocenters. The van der Waals surface area contributed by atoms with E-state index >= 15 is 0 Å². The summed E-state index contributed by atoms with van der Waals surface area (Å²) in [6, 6.07) is 8.67. The molecule has 2 N–H and O–H groups in total. The zero-order valence-electron chi connectivity index (χ0n) is 17.5. The molecule has 1 fully saturated rings. The molecule has 34 heavy (non-hydrogen) atoms. The second kappa shape index (κ2) is 7.67. The first kappa shape index (κ1) is 22.6. The number of aromatic amines is 1. The van der Waals surface area contributed by atoms with Gasteiger partial charge in [-0.3, -0.25) is 4.79 Å². The number of hydrogen-bond donors (Lipinski definition) is 2. The Morgan fingerprint density at radius 2 is 1.88 bits per heavy atom. The smallest absolute Gasteiger partial charge is 0.362 e. The summed E-state index contributed by atoms with van der Waals surface area (Å²) < 4.78 is 54.9. The molecule has 0 bridgehead atoms. The summed E-state index contributed by atoms with van der Waals surface area (Å²) in [5.74, 6) is -2.67. The van der Waals surface area contributed by atoms with Gasteiger partial charge >= 0.3 is 5.69 Å². The Balaban J connectivity index is 1.57. The Bertz CT molecular complexity index is 1680. The average Bonchev–Trinajstić information content (AvgIpc) is 3.16. The fourth-order valence-corrected chi connectivity index (χ4v) is 6.11. The van der Waals surface area contributed by atoms with E-state index in [4.69, 9.17) is 11.6 Å². The number of aryl methyl sites for hydroxylation is 1. The van der Waals surface area contributed by atoms with Gasteiger partial charge in [-0.2, -0.15) is 0 Å². The number of nitrogens with zero attached hydrogens (tertiary/aromatic N) is 2. The highest BCUT2D eigenvalue weighted by Gasteiger charge is 2.44. The molecule has 0 saturated heterocycles. The first-order chi connectivity index (χ1) is 16.0. The SMILES string of the molecule is O=c1[nH]c2c(S(=O)(=O)c3ccc4ccn(CCC5CC(F)(F)C5)c4c3)ccc(Cl)c2c(=O)n1O. The molecule has 178 valence electrons. The number of nitrogens with one attached hydrogen (secondary N) is 1. The molecule has 5 rings (SSSR count). The molecule has 4 aromatic rings. The molecule has 0 radical (unpaired) electrons. The largest absolute Gasteiger partial charge is 0.421 e. The standard InChI is InChI=1S/C22H18ClF2N3O5S/c23-15-3-4-17(19-18(15)20(29)28(31)21(30)26-19)34(32,33)14-2-1-13-6-8-27(16(13)9-14)7-5-12-10-22(24,25)11-12/h1-4,6,8-9,12,31H,5,7,10-11H2,(H,26,30). The molecule has 2 heterocycles. The predicted molar refractivity (Wildman–Crippen MR) is 121 cm³/mol. The summed E-state index contributed by atoms with van der Waals surface area (Å²) in [6.45, 7) is 0.459. The minimum Gasteiger partial charge on any atom is -0.421 e. The number of alkyl halides is 2. The average molecular weight is 510 g/mol. The zero-order valence-corrected chi connectivity index (χ0v) is 19.0. The summed E-state index contributed by atoms with van der Waals surface area (Å²) in [6.07, 6.45) is 2.05. The molecule has 8 nitrogen and oxygen atoms in total. The van der Waals surface area contributed by atoms with Gasteiger partial charge in [0.25, 0.3) is 5.56 Å². The third-order valence-corrected chi connectivity index (χ3v) is 8.35. The van der Waals surface area contributed by atoms with Crippen molar-refractivity contribution in [1.29, 1.82) is 0 Å². The zero-order chi connectivity index (χ0) is 24.4. The summed E-state index contributed by atoms with van der Waals surface area (Å²) in [5, 5.41) is 9.91. The van der Waals surface area contributed by atoms with Crippen molar-refractivity contribution in [1.82, 2.24) is 14.3 Å². The van der Waals surface area contributed by atoms with E-state index in [9.17, 15) is 32.0 Å². The quantitative estimate of drug-likeness (QED) is 0.397. The van der Waals surface area contributed by atoms with E-state index in [2.05, 4.69) is 4.98 Å². The second-order valence-corrected chi connectivity index (χ2v) is 10.8. The van der Waals surface area contributed by atoms with Crippen LogP contribution in [0.15, 0.2) is 62.0 Å². The Morgan fingerprint density at radius 3 is 2.59 bits per heavy atom. The van der Waals surface area contributed by atoms with Crippen molar-refractivity contribution in [3.05, 3.63) is 68.5 Å². The van der Waals surface area contributed by atoms with Crippen molar-refractivity contribution in [2.75, 3.05) is 0 Å². The normalized spacial score (nSPS) is 16.2. The molecule has 1 aliphatic rings. The second-order valence-electron chi connectivity index (χ2n) is 8.49. The van der Waals surface area contributed by atoms with Gasteiger partial charge in [-0.1, -0.05) is 22.4 Å². The summed E-state index contributed by atoms with van der Waals surface area (Å²) in [5.41, 5.74) is -2.06. The Hall–Kier alpha value is -3.18. The molecular weight excluding hydrogens is 492 g/mol. The lowest BCUT2D eigenvalue weighted by atomic mass is 9.79. The first-order valence-corrected chi connectivity index (χ1v) is 12.2. The lowest BCUT2D eigenvalue weighted by Crippen LogP contribution is -2.35. The molecule has 2 aromatic carbocycles. The molecule has 0 spiro atoms. The van der Waals surface area contributed by atoms with E-state index in [1.165, 1.54) is 24.3 Å². The third-order valence-electron chi connectivity index (χ3n) is 6.24. The minimum absolute atomic E-state index is 0.0767. The van der Waals surface area contributed by atoms with Gasteiger partial charge in [-0.15, -0.1) is 0 Å². The van der Waals surface area contributed by atoms with Crippen LogP contribution in [-0.4, -0.2) is 33.8 Å². The number of benzene rings is 2. The fourth-order valence-electron chi connectivity index (χ4n) is 4.44. The van der Waals surface area contributed by atoms with Gasteiger partial charge in [0.2, 0.25) is 15.8 Å². The van der Waals surface area contributed by atoms with Crippen LogP contribution >= 0.6 is 11.6 Å². The fraction of sp³-hybridized carbons (Fsp3) is 0.273. The maximum Gasteiger partial charge on any atom is 0.362 e. The maximum absolute atomic E-state index is 13.5. The molecule has 0 amide bonds. The van der Waals surface area contributed by atoms with Gasteiger partial charge in [0.15, 0.2) is 0 Å². The number of halogens is 3. The van der Waals surface area contributed by atoms with Gasteiger partial charge in [-0.25, -0.2) is 22.0 Å². The lowest BCUT2D eigenvalue weighted by molar-refractivity contribution is -0.112. The highest BCUT2D eigenvalue weighted by molar-refractivity contribution is 7.91. The summed E-state index contributed by atoms with van der Waals surface area (Å²) in [7, 11) is -4.23. The van der Waals surface area contributed by atoms with E-state index in [1.54, 1.807) is 18.3 Å². The number of hydrogen-bond acceptors (Lipinski definition) is 5. The van der Waals surface area contributed by atoms with Crippen LogP contribution in [0, 0.1) is 5.92 Å². The van der Waals surface area contributed by atoms with Gasteiger partial charge in [0.1, 0.15) is 0 Å². The maximum atomic E-state index is 13.5. The highest BCUT2D eigenvalue weighted by atomic mass is 35.5. The van der Waals surface area contributed by atoms with Gasteiger partial charge in [0, 0.05) is 31.1 Å². The van der Waals surface area contributed by atoms with Crippen molar-refractivity contribution in [2.24, 2.45) is 5.92 Å². The van der Waals surface area contributed by atoms with E-state index in [0.717, 1.165) is 5.39 Å². The molecule has 1 saturated carbocycles. The van der Waals surface area contributed by atoms with Crippen molar-refractivity contribution in [3.8, 4) is 0 Å². The molecule has 0 aliphatic heterocycles. The topological polar surface area (TPSA) is 114 Å². The van der Waals surface area contributed by atoms with Crippen molar-refractivity contribution in [2.45, 2.75) is 41.5 Å². The Kier molecular flexibility index (Phi) is 5.10. The van der Waals surface area contributed by atoms with Crippen molar-refractivity contribution >= 4 is 43.2 Å². The number of sulfone groups is 1. The van der Waals surface area contributed by atoms with Crippen LogP contribution in [0.2, 0.25) is 5.02 Å². The third kappa shape index (κ3) is 3.59. The highest BCUT2D eigenvalue weighted by Crippen LogP contribution is 2.44. The van der Waals surface area contributed by atoms with Gasteiger partial charge in [0.05, 0.1) is 25.7 Å². The van der Waals surface area contributed by atoms with Crippen LogP contribution in [0.3, 0.4) is 0 Å².